The van der Waals surface area contributed by atoms with E-state index in [1.165, 1.54) is 5.69 Å². The van der Waals surface area contributed by atoms with Crippen LogP contribution >= 0.6 is 28.1 Å². The molecule has 4 nitrogen and oxygen atoms in total. The molecule has 0 spiro atoms. The first-order valence-corrected chi connectivity index (χ1v) is 8.38. The van der Waals surface area contributed by atoms with Gasteiger partial charge in [-0.25, -0.2) is 0 Å². The summed E-state index contributed by atoms with van der Waals surface area (Å²) in [5.41, 5.74) is 7.74. The van der Waals surface area contributed by atoms with Crippen molar-refractivity contribution < 1.29 is 4.79 Å². The van der Waals surface area contributed by atoms with E-state index in [9.17, 15) is 4.79 Å². The van der Waals surface area contributed by atoms with E-state index in [4.69, 9.17) is 18.0 Å². The molecule has 1 aromatic rings. The number of thiocarbonyl (C=S) groups is 1. The first kappa shape index (κ1) is 14.8. The number of amides is 1. The topological polar surface area (TPSA) is 58.4 Å². The van der Waals surface area contributed by atoms with E-state index in [1.807, 2.05) is 6.07 Å². The summed E-state index contributed by atoms with van der Waals surface area (Å²) >= 11 is 8.57. The molecule has 1 amide bonds. The van der Waals surface area contributed by atoms with Crippen LogP contribution in [-0.2, 0) is 4.79 Å². The average Bonchev–Trinajstić information content (AvgIpc) is 2.46. The molecule has 6 heteroatoms. The van der Waals surface area contributed by atoms with E-state index in [0.29, 0.717) is 23.4 Å². The molecule has 0 radical (unpaired) electrons. The van der Waals surface area contributed by atoms with E-state index < -0.39 is 0 Å². The van der Waals surface area contributed by atoms with Gasteiger partial charge < -0.3 is 16.0 Å². The molecule has 112 valence electrons. The zero-order chi connectivity index (χ0) is 15.0. The maximum Gasteiger partial charge on any atom is 0.220 e. The predicted molar refractivity (Wildman–Crippen MR) is 91.5 cm³/mol. The SMILES string of the molecule is NC(=S)c1ccc(N2CCC3NC(=O)CCC3C2)cc1Br. The number of halogens is 1. The molecule has 2 unspecified atom stereocenters. The second-order valence-electron chi connectivity index (χ2n) is 5.74. The average molecular weight is 368 g/mol. The summed E-state index contributed by atoms with van der Waals surface area (Å²) in [6.07, 6.45) is 2.64. The number of nitrogens with two attached hydrogens (primary N) is 1. The van der Waals surface area contributed by atoms with Crippen LogP contribution in [0.4, 0.5) is 5.69 Å². The minimum atomic E-state index is 0.202. The van der Waals surface area contributed by atoms with Gasteiger partial charge in [-0.05, 0) is 52.9 Å². The molecular weight excluding hydrogens is 350 g/mol. The number of hydrogen-bond donors (Lipinski definition) is 2. The molecule has 1 aromatic carbocycles. The molecule has 0 aromatic heterocycles. The molecule has 21 heavy (non-hydrogen) atoms. The third-order valence-electron chi connectivity index (χ3n) is 4.41. The number of carbonyl (C=O) groups excluding carboxylic acids is 1. The number of carbonyl (C=O) groups is 1. The summed E-state index contributed by atoms with van der Waals surface area (Å²) in [6, 6.07) is 6.47. The fraction of sp³-hybridized carbons (Fsp3) is 0.467. The van der Waals surface area contributed by atoms with Gasteiger partial charge in [0, 0.05) is 41.3 Å². The monoisotopic (exact) mass is 367 g/mol. The highest BCUT2D eigenvalue weighted by Gasteiger charge is 2.33. The van der Waals surface area contributed by atoms with Crippen LogP contribution in [0.3, 0.4) is 0 Å². The lowest BCUT2D eigenvalue weighted by Crippen LogP contribution is -2.54. The van der Waals surface area contributed by atoms with E-state index in [1.54, 1.807) is 0 Å². The standard InChI is InChI=1S/C15H18BrN3OS/c16-12-7-10(2-3-11(12)15(17)21)19-6-5-13-9(8-19)1-4-14(20)18-13/h2-3,7,9,13H,1,4-6,8H2,(H2,17,21)(H,18,20). The van der Waals surface area contributed by atoms with E-state index in [-0.39, 0.29) is 5.91 Å². The molecule has 2 aliphatic heterocycles. The van der Waals surface area contributed by atoms with Gasteiger partial charge in [-0.1, -0.05) is 12.2 Å². The second-order valence-corrected chi connectivity index (χ2v) is 7.03. The summed E-state index contributed by atoms with van der Waals surface area (Å²) < 4.78 is 0.937. The number of nitrogens with zero attached hydrogens (tertiary/aromatic N) is 1. The molecule has 2 fully saturated rings. The quantitative estimate of drug-likeness (QED) is 0.786. The van der Waals surface area contributed by atoms with Crippen LogP contribution in [0.2, 0.25) is 0 Å². The Kier molecular flexibility index (Phi) is 4.17. The van der Waals surface area contributed by atoms with Crippen molar-refractivity contribution in [1.29, 1.82) is 0 Å². The van der Waals surface area contributed by atoms with Crippen molar-refractivity contribution >= 4 is 44.7 Å². The van der Waals surface area contributed by atoms with Crippen LogP contribution in [-0.4, -0.2) is 30.0 Å². The zero-order valence-electron chi connectivity index (χ0n) is 11.6. The number of hydrogen-bond acceptors (Lipinski definition) is 3. The van der Waals surface area contributed by atoms with Gasteiger partial charge in [0.15, 0.2) is 0 Å². The molecular formula is C15H18BrN3OS. The number of piperidine rings is 2. The van der Waals surface area contributed by atoms with Gasteiger partial charge in [-0.3, -0.25) is 4.79 Å². The lowest BCUT2D eigenvalue weighted by atomic mass is 9.85. The highest BCUT2D eigenvalue weighted by molar-refractivity contribution is 9.10. The van der Waals surface area contributed by atoms with Crippen LogP contribution in [0.25, 0.3) is 0 Å². The minimum Gasteiger partial charge on any atom is -0.389 e. The summed E-state index contributed by atoms with van der Waals surface area (Å²) in [4.78, 5) is 14.2. The number of anilines is 1. The molecule has 0 aliphatic carbocycles. The van der Waals surface area contributed by atoms with Gasteiger partial charge >= 0.3 is 0 Å². The van der Waals surface area contributed by atoms with Crippen molar-refractivity contribution in [2.45, 2.75) is 25.3 Å². The molecule has 3 rings (SSSR count). The predicted octanol–water partition coefficient (Wildman–Crippen LogP) is 2.19. The lowest BCUT2D eigenvalue weighted by molar-refractivity contribution is -0.124. The lowest BCUT2D eigenvalue weighted by Gasteiger charge is -2.42. The Labute approximate surface area is 138 Å². The van der Waals surface area contributed by atoms with E-state index in [0.717, 1.165) is 36.0 Å². The van der Waals surface area contributed by atoms with Crippen LogP contribution in [0.15, 0.2) is 22.7 Å². The first-order valence-electron chi connectivity index (χ1n) is 7.18. The van der Waals surface area contributed by atoms with Crippen LogP contribution in [0, 0.1) is 5.92 Å². The Morgan fingerprint density at radius 3 is 2.95 bits per heavy atom. The van der Waals surface area contributed by atoms with Crippen molar-refractivity contribution in [2.24, 2.45) is 11.7 Å². The van der Waals surface area contributed by atoms with Crippen molar-refractivity contribution in [2.75, 3.05) is 18.0 Å². The van der Waals surface area contributed by atoms with Gasteiger partial charge in [0.1, 0.15) is 4.99 Å². The second kappa shape index (κ2) is 5.93. The van der Waals surface area contributed by atoms with Crippen LogP contribution < -0.4 is 16.0 Å². The number of fused-ring (bicyclic) bond motifs is 1. The fourth-order valence-electron chi connectivity index (χ4n) is 3.25. The highest BCUT2D eigenvalue weighted by Crippen LogP contribution is 2.31. The van der Waals surface area contributed by atoms with Crippen molar-refractivity contribution in [3.05, 3.63) is 28.2 Å². The normalized spacial score (nSPS) is 25.2. The van der Waals surface area contributed by atoms with Crippen molar-refractivity contribution in [3.63, 3.8) is 0 Å². The fourth-order valence-corrected chi connectivity index (χ4v) is 4.13. The third-order valence-corrected chi connectivity index (χ3v) is 5.28. The maximum atomic E-state index is 11.5. The minimum absolute atomic E-state index is 0.202. The smallest absolute Gasteiger partial charge is 0.220 e. The largest absolute Gasteiger partial charge is 0.389 e. The molecule has 2 atom stereocenters. The Hall–Kier alpha value is -1.14. The van der Waals surface area contributed by atoms with Gasteiger partial charge in [-0.2, -0.15) is 0 Å². The Bertz CT molecular complexity index is 592. The summed E-state index contributed by atoms with van der Waals surface area (Å²) in [7, 11) is 0. The number of benzene rings is 1. The van der Waals surface area contributed by atoms with E-state index >= 15 is 0 Å². The Morgan fingerprint density at radius 1 is 1.43 bits per heavy atom. The van der Waals surface area contributed by atoms with Gasteiger partial charge in [0.05, 0.1) is 0 Å². The van der Waals surface area contributed by atoms with Gasteiger partial charge in [-0.15, -0.1) is 0 Å². The zero-order valence-corrected chi connectivity index (χ0v) is 14.0. The van der Waals surface area contributed by atoms with Crippen molar-refractivity contribution in [1.82, 2.24) is 5.32 Å². The highest BCUT2D eigenvalue weighted by atomic mass is 79.9. The number of nitrogens with one attached hydrogen (secondary N) is 1. The van der Waals surface area contributed by atoms with E-state index in [2.05, 4.69) is 38.3 Å². The van der Waals surface area contributed by atoms with Crippen LogP contribution in [0.5, 0.6) is 0 Å². The van der Waals surface area contributed by atoms with Crippen molar-refractivity contribution in [3.8, 4) is 0 Å². The molecule has 2 saturated heterocycles. The summed E-state index contributed by atoms with van der Waals surface area (Å²) in [6.45, 7) is 1.95. The van der Waals surface area contributed by atoms with Gasteiger partial charge in [0.25, 0.3) is 0 Å². The molecule has 0 saturated carbocycles. The molecule has 2 heterocycles. The third kappa shape index (κ3) is 3.06. The number of rotatable bonds is 2. The van der Waals surface area contributed by atoms with Crippen LogP contribution in [0.1, 0.15) is 24.8 Å². The maximum absolute atomic E-state index is 11.5. The Balaban J connectivity index is 1.75. The van der Waals surface area contributed by atoms with Gasteiger partial charge in [0.2, 0.25) is 5.91 Å². The summed E-state index contributed by atoms with van der Waals surface area (Å²) in [5.74, 6) is 0.749. The Morgan fingerprint density at radius 2 is 2.24 bits per heavy atom. The molecule has 3 N–H and O–H groups in total. The summed E-state index contributed by atoms with van der Waals surface area (Å²) in [5, 5.41) is 3.12. The molecule has 0 bridgehead atoms. The molecule has 2 aliphatic rings. The first-order chi connectivity index (χ1) is 10.0.